The molecule has 3 nitrogen and oxygen atoms in total. The molecule has 3 rings (SSSR count). The second-order valence-electron chi connectivity index (χ2n) is 6.98. The minimum atomic E-state index is -1.21. The molecule has 0 spiro atoms. The van der Waals surface area contributed by atoms with Crippen LogP contribution in [0.25, 0.3) is 11.0 Å². The van der Waals surface area contributed by atoms with E-state index in [-0.39, 0.29) is 5.54 Å². The van der Waals surface area contributed by atoms with Gasteiger partial charge in [-0.05, 0) is 38.5 Å². The third kappa shape index (κ3) is 3.31. The molecule has 120 valence electrons. The monoisotopic (exact) mass is 309 g/mol. The Bertz CT molecular complexity index is 753. The third-order valence-electron chi connectivity index (χ3n) is 3.96. The summed E-state index contributed by atoms with van der Waals surface area (Å²) in [5.41, 5.74) is 0.283. The van der Waals surface area contributed by atoms with Crippen LogP contribution >= 0.6 is 0 Å². The van der Waals surface area contributed by atoms with Gasteiger partial charge in [0.25, 0.3) is 0 Å². The van der Waals surface area contributed by atoms with E-state index in [4.69, 9.17) is 4.42 Å². The molecule has 2 aromatic carbocycles. The summed E-state index contributed by atoms with van der Waals surface area (Å²) in [6.45, 7) is 6.62. The molecule has 0 aliphatic rings. The lowest BCUT2D eigenvalue weighted by Crippen LogP contribution is -2.46. The number of hydrogen-bond donors (Lipinski definition) is 2. The first kappa shape index (κ1) is 15.8. The van der Waals surface area contributed by atoms with Crippen molar-refractivity contribution in [3.63, 3.8) is 0 Å². The summed E-state index contributed by atoms with van der Waals surface area (Å²) in [6.07, 6.45) is 0. The minimum Gasteiger partial charge on any atom is -0.458 e. The van der Waals surface area contributed by atoms with E-state index in [0.717, 1.165) is 16.5 Å². The van der Waals surface area contributed by atoms with Gasteiger partial charge in [-0.3, -0.25) is 0 Å². The number of nitrogens with one attached hydrogen (secondary N) is 1. The fraction of sp³-hybridized carbons (Fsp3) is 0.300. The first-order chi connectivity index (χ1) is 10.9. The van der Waals surface area contributed by atoms with Crippen molar-refractivity contribution in [1.29, 1.82) is 0 Å². The van der Waals surface area contributed by atoms with E-state index >= 15 is 0 Å². The van der Waals surface area contributed by atoms with Crippen LogP contribution in [0.5, 0.6) is 0 Å². The molecule has 0 fully saturated rings. The molecule has 0 aliphatic carbocycles. The third-order valence-corrected chi connectivity index (χ3v) is 3.96. The van der Waals surface area contributed by atoms with Crippen molar-refractivity contribution >= 4 is 11.0 Å². The van der Waals surface area contributed by atoms with Gasteiger partial charge in [-0.1, -0.05) is 48.5 Å². The van der Waals surface area contributed by atoms with E-state index < -0.39 is 5.60 Å². The Labute approximate surface area is 136 Å². The largest absolute Gasteiger partial charge is 0.458 e. The molecule has 0 amide bonds. The molecule has 0 saturated heterocycles. The van der Waals surface area contributed by atoms with Crippen molar-refractivity contribution in [1.82, 2.24) is 5.32 Å². The van der Waals surface area contributed by atoms with Crippen molar-refractivity contribution < 1.29 is 9.52 Å². The predicted octanol–water partition coefficient (Wildman–Crippen LogP) is 4.06. The van der Waals surface area contributed by atoms with Crippen LogP contribution in [0.15, 0.2) is 65.1 Å². The lowest BCUT2D eigenvalue weighted by Gasteiger charge is -2.31. The van der Waals surface area contributed by atoms with Crippen molar-refractivity contribution in [3.05, 3.63) is 72.0 Å². The number of para-hydroxylation sites is 1. The highest BCUT2D eigenvalue weighted by Crippen LogP contribution is 2.33. The van der Waals surface area contributed by atoms with Crippen molar-refractivity contribution in [2.45, 2.75) is 31.9 Å². The maximum Gasteiger partial charge on any atom is 0.159 e. The van der Waals surface area contributed by atoms with Gasteiger partial charge in [0, 0.05) is 17.5 Å². The zero-order valence-electron chi connectivity index (χ0n) is 13.8. The molecule has 3 heteroatoms. The van der Waals surface area contributed by atoms with Crippen LogP contribution in [-0.4, -0.2) is 17.2 Å². The van der Waals surface area contributed by atoms with E-state index in [1.807, 2.05) is 60.7 Å². The number of furan rings is 1. The molecule has 0 radical (unpaired) electrons. The lowest BCUT2D eigenvalue weighted by molar-refractivity contribution is 0.0516. The van der Waals surface area contributed by atoms with E-state index in [9.17, 15) is 5.11 Å². The lowest BCUT2D eigenvalue weighted by atomic mass is 9.90. The Morgan fingerprint density at radius 2 is 1.61 bits per heavy atom. The van der Waals surface area contributed by atoms with Gasteiger partial charge in [-0.15, -0.1) is 0 Å². The van der Waals surface area contributed by atoms with Gasteiger partial charge in [0.1, 0.15) is 11.3 Å². The molecule has 1 aromatic heterocycles. The number of hydrogen-bond acceptors (Lipinski definition) is 3. The molecule has 1 atom stereocenters. The normalized spacial score (nSPS) is 14.8. The van der Waals surface area contributed by atoms with Crippen molar-refractivity contribution in [2.24, 2.45) is 0 Å². The van der Waals surface area contributed by atoms with Gasteiger partial charge in [0.2, 0.25) is 0 Å². The summed E-state index contributed by atoms with van der Waals surface area (Å²) in [5, 5.41) is 15.8. The highest BCUT2D eigenvalue weighted by atomic mass is 16.4. The zero-order valence-corrected chi connectivity index (χ0v) is 13.8. The van der Waals surface area contributed by atoms with Gasteiger partial charge in [0.15, 0.2) is 5.60 Å². The molecule has 2 N–H and O–H groups in total. The number of benzene rings is 2. The topological polar surface area (TPSA) is 45.4 Å². The fourth-order valence-electron chi connectivity index (χ4n) is 2.62. The minimum absolute atomic E-state index is 0.102. The van der Waals surface area contributed by atoms with E-state index in [1.54, 1.807) is 0 Å². The van der Waals surface area contributed by atoms with Crippen LogP contribution < -0.4 is 5.32 Å². The standard InChI is InChI=1S/C20H23NO2/c1-19(2,3)21-14-20(22,16-10-5-4-6-11-16)18-13-15-9-7-8-12-17(15)23-18/h4-13,21-22H,14H2,1-3H3/t20-/m1/s1. The molecule has 1 heterocycles. The summed E-state index contributed by atoms with van der Waals surface area (Å²) < 4.78 is 5.96. The second kappa shape index (κ2) is 5.84. The first-order valence-electron chi connectivity index (χ1n) is 7.90. The Morgan fingerprint density at radius 1 is 0.957 bits per heavy atom. The number of rotatable bonds is 4. The molecule has 3 aromatic rings. The average molecular weight is 309 g/mol. The summed E-state index contributed by atoms with van der Waals surface area (Å²) in [6, 6.07) is 19.4. The van der Waals surface area contributed by atoms with Gasteiger partial charge in [0.05, 0.1) is 0 Å². The second-order valence-corrected chi connectivity index (χ2v) is 6.98. The molecular formula is C20H23NO2. The van der Waals surface area contributed by atoms with Crippen LogP contribution in [0.3, 0.4) is 0 Å². The maximum atomic E-state index is 11.5. The van der Waals surface area contributed by atoms with Gasteiger partial charge < -0.3 is 14.8 Å². The number of fused-ring (bicyclic) bond motifs is 1. The van der Waals surface area contributed by atoms with Crippen molar-refractivity contribution in [3.8, 4) is 0 Å². The first-order valence-corrected chi connectivity index (χ1v) is 7.90. The quantitative estimate of drug-likeness (QED) is 0.764. The molecular weight excluding hydrogens is 286 g/mol. The zero-order chi connectivity index (χ0) is 16.5. The average Bonchev–Trinajstić information content (AvgIpc) is 2.97. The molecule has 0 unspecified atom stereocenters. The molecule has 23 heavy (non-hydrogen) atoms. The highest BCUT2D eigenvalue weighted by Gasteiger charge is 2.36. The van der Waals surface area contributed by atoms with E-state index in [0.29, 0.717) is 12.3 Å². The summed E-state index contributed by atoms with van der Waals surface area (Å²) in [5.74, 6) is 0.557. The Balaban J connectivity index is 2.07. The summed E-state index contributed by atoms with van der Waals surface area (Å²) in [4.78, 5) is 0. The summed E-state index contributed by atoms with van der Waals surface area (Å²) in [7, 11) is 0. The van der Waals surface area contributed by atoms with Gasteiger partial charge in [-0.25, -0.2) is 0 Å². The SMILES string of the molecule is CC(C)(C)NC[C@@](O)(c1ccccc1)c1cc2ccccc2o1. The molecule has 0 saturated carbocycles. The predicted molar refractivity (Wildman–Crippen MR) is 93.4 cm³/mol. The molecule has 0 bridgehead atoms. The maximum absolute atomic E-state index is 11.5. The van der Waals surface area contributed by atoms with Crippen molar-refractivity contribution in [2.75, 3.05) is 6.54 Å². The van der Waals surface area contributed by atoms with E-state index in [1.165, 1.54) is 0 Å². The van der Waals surface area contributed by atoms with Gasteiger partial charge >= 0.3 is 0 Å². The van der Waals surface area contributed by atoms with Crippen LogP contribution in [0.1, 0.15) is 32.1 Å². The van der Waals surface area contributed by atoms with Gasteiger partial charge in [-0.2, -0.15) is 0 Å². The van der Waals surface area contributed by atoms with Crippen LogP contribution in [0.2, 0.25) is 0 Å². The number of β-amino-alcohol motifs (C(OH)–C–C–N with tert-alkyl or cyclic N) is 1. The Hall–Kier alpha value is -2.10. The van der Waals surface area contributed by atoms with Crippen LogP contribution in [-0.2, 0) is 5.60 Å². The smallest absolute Gasteiger partial charge is 0.159 e. The van der Waals surface area contributed by atoms with E-state index in [2.05, 4.69) is 26.1 Å². The molecule has 0 aliphatic heterocycles. The van der Waals surface area contributed by atoms with Crippen LogP contribution in [0, 0.1) is 0 Å². The van der Waals surface area contributed by atoms with Crippen LogP contribution in [0.4, 0.5) is 0 Å². The Kier molecular flexibility index (Phi) is 4.00. The Morgan fingerprint density at radius 3 is 2.26 bits per heavy atom. The summed E-state index contributed by atoms with van der Waals surface area (Å²) >= 11 is 0. The number of aliphatic hydroxyl groups is 1. The highest BCUT2D eigenvalue weighted by molar-refractivity contribution is 5.78. The fourth-order valence-corrected chi connectivity index (χ4v) is 2.62.